The average Bonchev–Trinajstić information content (AvgIpc) is 2.05. The SMILES string of the molecule is C.O=C(O)CC(OCCN(CCOC(CC(=O)O)C(=O)O)C(CC(=O)O)C(=O)O)C(=O)O.O=C(O)CC(OCCN(CCOC(CC(=O)O)C(=O)O)CCOC(CC(=O)O)C(=O)O)C(=O)O.O=C(O)CC(OCCNCCOC(CC(=O)O)C(=O)O)C(=O)O.[B]. The molecule has 0 amide bonds. The fourth-order valence-corrected chi connectivity index (χ4v) is 6.20. The van der Waals surface area contributed by atoms with Gasteiger partial charge in [-0.25, -0.2) is 33.6 Å². The van der Waals surface area contributed by atoms with E-state index in [1.165, 1.54) is 4.90 Å². The van der Waals surface area contributed by atoms with Crippen molar-refractivity contribution < 1.29 is 192 Å². The fraction of sp³-hybridized carbons (Fsp3) is 0.660. The lowest BCUT2D eigenvalue weighted by molar-refractivity contribution is -0.159. The molecule has 8 unspecified atom stereocenters. The Morgan fingerprint density at radius 2 is 0.444 bits per heavy atom. The molecule has 17 N–H and O–H groups in total. The third-order valence-corrected chi connectivity index (χ3v) is 10.3. The molecule has 0 saturated carbocycles. The number of carbonyl (C=O) groups is 16. The van der Waals surface area contributed by atoms with Gasteiger partial charge in [-0.3, -0.25) is 53.0 Å². The van der Waals surface area contributed by atoms with Crippen LogP contribution in [0.1, 0.15) is 58.8 Å². The lowest BCUT2D eigenvalue weighted by atomic mass is 10.1. The normalized spacial score (nSPS) is 13.3. The average molecular weight is 1310 g/mol. The molecule has 8 atom stereocenters. The Kier molecular flexibility index (Phi) is 51.1. The van der Waals surface area contributed by atoms with Crippen molar-refractivity contribution in [2.24, 2.45) is 0 Å². The summed E-state index contributed by atoms with van der Waals surface area (Å²) in [4.78, 5) is 176. The summed E-state index contributed by atoms with van der Waals surface area (Å²) >= 11 is 0. The summed E-state index contributed by atoms with van der Waals surface area (Å²) < 4.78 is 34.7. The second-order valence-corrected chi connectivity index (χ2v) is 17.1. The van der Waals surface area contributed by atoms with Crippen LogP contribution in [-0.2, 0) is 110 Å². The van der Waals surface area contributed by atoms with Gasteiger partial charge < -0.3 is 120 Å². The van der Waals surface area contributed by atoms with Crippen molar-refractivity contribution in [3.05, 3.63) is 0 Å². The number of nitrogens with one attached hydrogen (secondary N) is 1. The molecule has 0 rings (SSSR count). The van der Waals surface area contributed by atoms with Crippen LogP contribution in [0.15, 0.2) is 0 Å². The van der Waals surface area contributed by atoms with Gasteiger partial charge in [-0.1, -0.05) is 7.43 Å². The maximum absolute atomic E-state index is 11.4. The third kappa shape index (κ3) is 49.2. The van der Waals surface area contributed by atoms with Crippen LogP contribution < -0.4 is 5.32 Å². The van der Waals surface area contributed by atoms with Crippen LogP contribution in [0.2, 0.25) is 0 Å². The Hall–Kier alpha value is -8.82. The lowest BCUT2D eigenvalue weighted by Crippen LogP contribution is -2.46. The van der Waals surface area contributed by atoms with Crippen LogP contribution in [0.5, 0.6) is 0 Å². The van der Waals surface area contributed by atoms with Crippen LogP contribution in [0, 0.1) is 0 Å². The van der Waals surface area contributed by atoms with Crippen molar-refractivity contribution in [2.75, 3.05) is 92.1 Å². The molecule has 0 aliphatic rings. The van der Waals surface area contributed by atoms with Gasteiger partial charge in [0.2, 0.25) is 0 Å². The molecule has 0 spiro atoms. The number of nitrogens with zero attached hydrogens (tertiary/aromatic N) is 2. The summed E-state index contributed by atoms with van der Waals surface area (Å²) in [5.74, 6) is -23.1. The molecule has 42 nitrogen and oxygen atoms in total. The molecular weight excluding hydrogens is 1240 g/mol. The highest BCUT2D eigenvalue weighted by Gasteiger charge is 2.31. The van der Waals surface area contributed by atoms with Gasteiger partial charge in [-0.15, -0.1) is 0 Å². The van der Waals surface area contributed by atoms with E-state index in [-0.39, 0.29) is 94.7 Å². The standard InChI is InChI=1S/C18H27NO15.C16H23NO14.C12H19NO10.CH4.B/c20-13(21)7-10(16(26)27)32-4-1-19(2-5-33-11(17(28)29)8-14(22)23)3-6-34-12(18(30)31)9-15(24)25;18-11(19)5-8(14(24)25)17(1-3-30-9(15(26)27)6-12(20)21)2-4-31-10(16(28)29)7-13(22)23;14-9(15)5-7(11(18)19)22-3-1-13-2-4-23-8(12(20)21)6-10(16)17;;/h10-12H,1-9H2,(H,20,21)(H,22,23)(H,24,25)(H,26,27)(H,28,29)(H,30,31);8-10H,1-7H2,(H,18,19)(H,20,21)(H,22,23)(H,24,25)(H,26,27)(H,28,29);7-8,13H,1-6H2,(H,14,15)(H,16,17)(H,18,19)(H,20,21);1H4;. The van der Waals surface area contributed by atoms with Gasteiger partial charge in [0.05, 0.1) is 97.6 Å². The molecule has 3 radical (unpaired) electrons. The zero-order valence-electron chi connectivity index (χ0n) is 46.7. The van der Waals surface area contributed by atoms with E-state index in [1.54, 1.807) is 0 Å². The van der Waals surface area contributed by atoms with Gasteiger partial charge in [-0.2, -0.15) is 0 Å². The Morgan fingerprint density at radius 1 is 0.267 bits per heavy atom. The maximum Gasteiger partial charge on any atom is 0.333 e. The zero-order valence-corrected chi connectivity index (χ0v) is 46.7. The fourth-order valence-electron chi connectivity index (χ4n) is 6.20. The minimum atomic E-state index is -1.73. The highest BCUT2D eigenvalue weighted by molar-refractivity contribution is 5.83. The molecule has 0 aromatic carbocycles. The van der Waals surface area contributed by atoms with Crippen LogP contribution in [-0.4, -0.2) is 336 Å². The minimum Gasteiger partial charge on any atom is -0.481 e. The molecule has 0 saturated heterocycles. The molecule has 0 aromatic rings. The number of carboxylic acids is 16. The van der Waals surface area contributed by atoms with Crippen LogP contribution in [0.25, 0.3) is 0 Å². The van der Waals surface area contributed by atoms with E-state index in [2.05, 4.69) is 5.32 Å². The number of rotatable bonds is 53. The summed E-state index contributed by atoms with van der Waals surface area (Å²) in [5, 5.41) is 144. The van der Waals surface area contributed by atoms with Gasteiger partial charge in [0.15, 0.2) is 42.7 Å². The predicted molar refractivity (Wildman–Crippen MR) is 284 cm³/mol. The monoisotopic (exact) mass is 1310 g/mol. The molecule has 0 aromatic heterocycles. The molecule has 0 heterocycles. The topological polar surface area (TPSA) is 680 Å². The van der Waals surface area contributed by atoms with Crippen molar-refractivity contribution in [1.82, 2.24) is 15.1 Å². The van der Waals surface area contributed by atoms with Crippen molar-refractivity contribution in [2.45, 2.75) is 108 Å². The van der Waals surface area contributed by atoms with Crippen molar-refractivity contribution >= 4 is 104 Å². The quantitative estimate of drug-likeness (QED) is 0.0200. The van der Waals surface area contributed by atoms with E-state index in [0.717, 1.165) is 4.90 Å². The smallest absolute Gasteiger partial charge is 0.333 e. The second-order valence-electron chi connectivity index (χ2n) is 17.1. The molecule has 0 aliphatic carbocycles. The molecule has 513 valence electrons. The highest BCUT2D eigenvalue weighted by atomic mass is 16.6. The summed E-state index contributed by atoms with van der Waals surface area (Å²) in [6, 6.07) is -1.63. The Balaban J connectivity index is -0.000000404. The van der Waals surface area contributed by atoms with E-state index < -0.39 is 209 Å². The summed E-state index contributed by atoms with van der Waals surface area (Å²) in [6.45, 7) is -2.53. The highest BCUT2D eigenvalue weighted by Crippen LogP contribution is 2.10. The molecule has 0 fully saturated rings. The Labute approximate surface area is 509 Å². The van der Waals surface area contributed by atoms with Gasteiger partial charge >= 0.3 is 95.5 Å². The number of hydrogen-bond acceptors (Lipinski definition) is 26. The molecule has 43 heteroatoms. The van der Waals surface area contributed by atoms with E-state index in [0.29, 0.717) is 0 Å². The van der Waals surface area contributed by atoms with Crippen molar-refractivity contribution in [3.63, 3.8) is 0 Å². The maximum atomic E-state index is 11.4. The molecule has 90 heavy (non-hydrogen) atoms. The van der Waals surface area contributed by atoms with Gasteiger partial charge in [0.1, 0.15) is 6.04 Å². The summed E-state index contributed by atoms with van der Waals surface area (Å²) in [7, 11) is 0. The van der Waals surface area contributed by atoms with E-state index in [9.17, 15) is 81.8 Å². The first-order chi connectivity index (χ1) is 40.9. The van der Waals surface area contributed by atoms with E-state index in [4.69, 9.17) is 110 Å². The first-order valence-electron chi connectivity index (χ1n) is 25.0. The van der Waals surface area contributed by atoms with E-state index in [1.807, 2.05) is 0 Å². The first-order valence-corrected chi connectivity index (χ1v) is 25.0. The minimum absolute atomic E-state index is 0. The number of aliphatic carboxylic acids is 16. The number of hydrogen-bond donors (Lipinski definition) is 17. The predicted octanol–water partition coefficient (Wildman–Crippen LogP) is -5.05. The molecule has 0 bridgehead atoms. The van der Waals surface area contributed by atoms with Crippen LogP contribution in [0.3, 0.4) is 0 Å². The second kappa shape index (κ2) is 51.1. The van der Waals surface area contributed by atoms with Crippen LogP contribution in [0.4, 0.5) is 0 Å². The first kappa shape index (κ1) is 89.9. The summed E-state index contributed by atoms with van der Waals surface area (Å²) in [6.07, 6.45) is -17.6. The Bertz CT molecular complexity index is 2150. The van der Waals surface area contributed by atoms with Crippen molar-refractivity contribution in [3.8, 4) is 0 Å². The number of ether oxygens (including phenoxy) is 7. The molecular formula is C47H73BN3O39. The third-order valence-electron chi connectivity index (χ3n) is 10.3. The summed E-state index contributed by atoms with van der Waals surface area (Å²) in [5.41, 5.74) is 0. The molecule has 0 aliphatic heterocycles. The van der Waals surface area contributed by atoms with Gasteiger partial charge in [0.25, 0.3) is 0 Å². The van der Waals surface area contributed by atoms with Gasteiger partial charge in [-0.05, 0) is 0 Å². The van der Waals surface area contributed by atoms with Crippen LogP contribution >= 0.6 is 0 Å². The number of carboxylic acid groups (broad SMARTS) is 16. The van der Waals surface area contributed by atoms with Gasteiger partial charge in [0, 0.05) is 54.2 Å². The zero-order chi connectivity index (χ0) is 68.2. The lowest BCUT2D eigenvalue weighted by Gasteiger charge is -2.28. The Morgan fingerprint density at radius 3 is 0.611 bits per heavy atom. The largest absolute Gasteiger partial charge is 0.481 e. The van der Waals surface area contributed by atoms with Crippen molar-refractivity contribution in [1.29, 1.82) is 0 Å². The van der Waals surface area contributed by atoms with E-state index >= 15 is 0 Å².